The topological polar surface area (TPSA) is 74.6 Å². The minimum Gasteiger partial charge on any atom is -0.508 e. The Kier molecular flexibility index (Phi) is 3.48. The zero-order valence-electron chi connectivity index (χ0n) is 11.5. The molecule has 0 saturated carbocycles. The molecule has 0 atom stereocenters. The second-order valence-electron chi connectivity index (χ2n) is 4.81. The van der Waals surface area contributed by atoms with Crippen molar-refractivity contribution in [2.24, 2.45) is 0 Å². The molecule has 0 heterocycles. The predicted octanol–water partition coefficient (Wildman–Crippen LogP) is 2.86. The molecule has 20 heavy (non-hydrogen) atoms. The van der Waals surface area contributed by atoms with Crippen LogP contribution in [0.1, 0.15) is 16.7 Å². The van der Waals surface area contributed by atoms with E-state index in [4.69, 9.17) is 0 Å². The van der Waals surface area contributed by atoms with Crippen molar-refractivity contribution in [2.75, 3.05) is 0 Å². The molecule has 2 N–H and O–H groups in total. The lowest BCUT2D eigenvalue weighted by Crippen LogP contribution is -2.05. The van der Waals surface area contributed by atoms with Gasteiger partial charge in [-0.1, -0.05) is 6.07 Å². The van der Waals surface area contributed by atoms with Gasteiger partial charge in [-0.3, -0.25) is 0 Å². The third kappa shape index (κ3) is 2.25. The lowest BCUT2D eigenvalue weighted by molar-refractivity contribution is 0.454. The Hall–Kier alpha value is -2.01. The van der Waals surface area contributed by atoms with E-state index in [9.17, 15) is 18.6 Å². The Morgan fingerprint density at radius 3 is 2.05 bits per heavy atom. The molecule has 0 radical (unpaired) electrons. The van der Waals surface area contributed by atoms with Crippen LogP contribution in [0.5, 0.6) is 11.5 Å². The molecule has 0 aliphatic carbocycles. The molecule has 4 nitrogen and oxygen atoms in total. The maximum absolute atomic E-state index is 12.6. The van der Waals surface area contributed by atoms with Crippen LogP contribution in [0.25, 0.3) is 0 Å². The summed E-state index contributed by atoms with van der Waals surface area (Å²) in [5, 5.41) is 19.5. The van der Waals surface area contributed by atoms with Gasteiger partial charge in [-0.25, -0.2) is 8.42 Å². The summed E-state index contributed by atoms with van der Waals surface area (Å²) in [6, 6.07) is 7.11. The van der Waals surface area contributed by atoms with Crippen molar-refractivity contribution in [3.63, 3.8) is 0 Å². The highest BCUT2D eigenvalue weighted by Crippen LogP contribution is 2.34. The van der Waals surface area contributed by atoms with Gasteiger partial charge in [0.25, 0.3) is 0 Å². The first-order valence-corrected chi connectivity index (χ1v) is 7.57. The smallest absolute Gasteiger partial charge is 0.210 e. The number of sulfone groups is 1. The van der Waals surface area contributed by atoms with Gasteiger partial charge in [-0.05, 0) is 61.7 Å². The normalized spacial score (nSPS) is 11.6. The number of phenolic OH excluding ortho intramolecular Hbond substituents is 2. The van der Waals surface area contributed by atoms with E-state index in [1.807, 2.05) is 0 Å². The molecule has 2 aromatic rings. The predicted molar refractivity (Wildman–Crippen MR) is 75.9 cm³/mol. The van der Waals surface area contributed by atoms with Crippen LogP contribution < -0.4 is 0 Å². The fraction of sp³-hybridized carbons (Fsp3) is 0.200. The molecular formula is C15H16O4S. The van der Waals surface area contributed by atoms with Crippen LogP contribution in [0.4, 0.5) is 0 Å². The second-order valence-corrected chi connectivity index (χ2v) is 6.69. The first-order valence-electron chi connectivity index (χ1n) is 6.09. The van der Waals surface area contributed by atoms with E-state index < -0.39 is 9.84 Å². The average Bonchev–Trinajstić information content (AvgIpc) is 2.35. The van der Waals surface area contributed by atoms with E-state index in [0.29, 0.717) is 11.1 Å². The van der Waals surface area contributed by atoms with Crippen molar-refractivity contribution in [1.82, 2.24) is 0 Å². The number of rotatable bonds is 2. The minimum atomic E-state index is -3.82. The fourth-order valence-corrected chi connectivity index (χ4v) is 3.67. The van der Waals surface area contributed by atoms with Gasteiger partial charge < -0.3 is 10.2 Å². The third-order valence-electron chi connectivity index (χ3n) is 3.40. The largest absolute Gasteiger partial charge is 0.508 e. The number of hydrogen-bond acceptors (Lipinski definition) is 4. The lowest BCUT2D eigenvalue weighted by atomic mass is 10.1. The standard InChI is InChI=1S/C15H16O4S/c1-9-4-6-14(15(17)11(9)3)20(18,19)13-7-5-12(16)8-10(13)2/h4-8,16-17H,1-3H3. The summed E-state index contributed by atoms with van der Waals surface area (Å²) in [5.41, 5.74) is 1.80. The second kappa shape index (κ2) is 4.83. The Balaban J connectivity index is 2.70. The molecule has 0 bridgehead atoms. The van der Waals surface area contributed by atoms with E-state index in [1.54, 1.807) is 26.8 Å². The number of phenols is 2. The van der Waals surface area contributed by atoms with Crippen LogP contribution in [0.2, 0.25) is 0 Å². The van der Waals surface area contributed by atoms with Crippen molar-refractivity contribution in [2.45, 2.75) is 30.6 Å². The highest BCUT2D eigenvalue weighted by molar-refractivity contribution is 7.91. The van der Waals surface area contributed by atoms with Crippen molar-refractivity contribution in [1.29, 1.82) is 0 Å². The molecule has 106 valence electrons. The van der Waals surface area contributed by atoms with Crippen LogP contribution in [-0.2, 0) is 9.84 Å². The van der Waals surface area contributed by atoms with Crippen molar-refractivity contribution >= 4 is 9.84 Å². The third-order valence-corrected chi connectivity index (χ3v) is 5.35. The first-order chi connectivity index (χ1) is 9.25. The molecular weight excluding hydrogens is 276 g/mol. The SMILES string of the molecule is Cc1cc(O)ccc1S(=O)(=O)c1ccc(C)c(C)c1O. The summed E-state index contributed by atoms with van der Waals surface area (Å²) in [7, 11) is -3.82. The molecule has 0 amide bonds. The number of benzene rings is 2. The maximum Gasteiger partial charge on any atom is 0.210 e. The molecule has 2 rings (SSSR count). The van der Waals surface area contributed by atoms with Crippen molar-refractivity contribution in [3.05, 3.63) is 47.0 Å². The van der Waals surface area contributed by atoms with Gasteiger partial charge in [0.1, 0.15) is 16.4 Å². The van der Waals surface area contributed by atoms with Gasteiger partial charge >= 0.3 is 0 Å². The van der Waals surface area contributed by atoms with Crippen LogP contribution in [0.3, 0.4) is 0 Å². The van der Waals surface area contributed by atoms with E-state index in [0.717, 1.165) is 5.56 Å². The van der Waals surface area contributed by atoms with Crippen molar-refractivity contribution < 1.29 is 18.6 Å². The Labute approximate surface area is 118 Å². The summed E-state index contributed by atoms with van der Waals surface area (Å²) in [4.78, 5) is -0.0387. The van der Waals surface area contributed by atoms with Crippen LogP contribution >= 0.6 is 0 Å². The Morgan fingerprint density at radius 1 is 0.850 bits per heavy atom. The number of hydrogen-bond donors (Lipinski definition) is 2. The average molecular weight is 292 g/mol. The molecule has 0 unspecified atom stereocenters. The fourth-order valence-electron chi connectivity index (χ4n) is 2.05. The minimum absolute atomic E-state index is 0.00533. The number of aromatic hydroxyl groups is 2. The lowest BCUT2D eigenvalue weighted by Gasteiger charge is -2.12. The van der Waals surface area contributed by atoms with Crippen LogP contribution in [0, 0.1) is 20.8 Å². The first kappa shape index (κ1) is 14.4. The van der Waals surface area contributed by atoms with E-state index in [2.05, 4.69) is 0 Å². The molecule has 5 heteroatoms. The van der Waals surface area contributed by atoms with Gasteiger partial charge in [0.05, 0.1) is 4.90 Å². The van der Waals surface area contributed by atoms with E-state index >= 15 is 0 Å². The van der Waals surface area contributed by atoms with Crippen LogP contribution in [-0.4, -0.2) is 18.6 Å². The van der Waals surface area contributed by atoms with Gasteiger partial charge in [0.15, 0.2) is 0 Å². The van der Waals surface area contributed by atoms with E-state index in [-0.39, 0.29) is 21.3 Å². The molecule has 0 spiro atoms. The Morgan fingerprint density at radius 2 is 1.45 bits per heavy atom. The number of aryl methyl sites for hydroxylation is 2. The van der Waals surface area contributed by atoms with Gasteiger partial charge in [-0.15, -0.1) is 0 Å². The maximum atomic E-state index is 12.6. The highest BCUT2D eigenvalue weighted by atomic mass is 32.2. The zero-order chi connectivity index (χ0) is 15.1. The molecule has 0 fully saturated rings. The van der Waals surface area contributed by atoms with Gasteiger partial charge in [-0.2, -0.15) is 0 Å². The van der Waals surface area contributed by atoms with Crippen LogP contribution in [0.15, 0.2) is 40.1 Å². The van der Waals surface area contributed by atoms with E-state index in [1.165, 1.54) is 24.3 Å². The summed E-state index contributed by atoms with van der Waals surface area (Å²) in [6.45, 7) is 5.08. The zero-order valence-corrected chi connectivity index (χ0v) is 12.3. The summed E-state index contributed by atoms with van der Waals surface area (Å²) in [5.74, 6) is -0.219. The summed E-state index contributed by atoms with van der Waals surface area (Å²) >= 11 is 0. The molecule has 0 aliphatic rings. The van der Waals surface area contributed by atoms with Gasteiger partial charge in [0, 0.05) is 0 Å². The van der Waals surface area contributed by atoms with Gasteiger partial charge in [0.2, 0.25) is 9.84 Å². The summed E-state index contributed by atoms with van der Waals surface area (Å²) in [6.07, 6.45) is 0. The highest BCUT2D eigenvalue weighted by Gasteiger charge is 2.24. The quantitative estimate of drug-likeness (QED) is 0.892. The summed E-state index contributed by atoms with van der Waals surface area (Å²) < 4.78 is 25.2. The Bertz CT molecular complexity index is 777. The van der Waals surface area contributed by atoms with Crippen molar-refractivity contribution in [3.8, 4) is 11.5 Å². The molecule has 0 aliphatic heterocycles. The molecule has 0 aromatic heterocycles. The molecule has 2 aromatic carbocycles. The monoisotopic (exact) mass is 292 g/mol. The molecule has 0 saturated heterocycles.